The fraction of sp³-hybridized carbons (Fsp3) is 0.435. The molecule has 0 unspecified atom stereocenters. The van der Waals surface area contributed by atoms with Gasteiger partial charge in [0, 0.05) is 0 Å². The van der Waals surface area contributed by atoms with Gasteiger partial charge in [-0.2, -0.15) is 0 Å². The lowest BCUT2D eigenvalue weighted by molar-refractivity contribution is -0.0122. The smallest absolute Gasteiger partial charge is 0.410 e. The minimum Gasteiger partial charge on any atom is -0.444 e. The van der Waals surface area contributed by atoms with Crippen molar-refractivity contribution in [2.24, 2.45) is 0 Å². The summed E-state index contributed by atoms with van der Waals surface area (Å²) in [6.07, 6.45) is -0.224. The number of rotatable bonds is 5. The Kier molecular flexibility index (Phi) is 6.82. The summed E-state index contributed by atoms with van der Waals surface area (Å²) in [6.45, 7) is 3.86. The first-order valence-electron chi connectivity index (χ1n) is 10.3. The molecule has 1 heterocycles. The summed E-state index contributed by atoms with van der Waals surface area (Å²) in [5.74, 6) is -3.92. The predicted molar refractivity (Wildman–Crippen MR) is 119 cm³/mol. The summed E-state index contributed by atoms with van der Waals surface area (Å²) in [4.78, 5) is 13.6. The molecule has 2 atom stereocenters. The van der Waals surface area contributed by atoms with Gasteiger partial charge in [0.2, 0.25) is 10.0 Å². The van der Waals surface area contributed by atoms with Gasteiger partial charge in [0.1, 0.15) is 17.5 Å². The molecule has 2 aromatic carbocycles. The molecule has 1 N–H and O–H groups in total. The molecule has 0 aromatic heterocycles. The number of benzene rings is 2. The number of sulfonamides is 1. The van der Waals surface area contributed by atoms with Gasteiger partial charge in [0.25, 0.3) is 5.92 Å². The second-order valence-corrected chi connectivity index (χ2v) is 11.0. The lowest BCUT2D eigenvalue weighted by Crippen LogP contribution is -2.52. The normalized spacial score (nSPS) is 20.6. The molecule has 1 saturated heterocycles. The molecule has 2 aromatic rings. The van der Waals surface area contributed by atoms with Crippen LogP contribution in [0.5, 0.6) is 0 Å². The van der Waals surface area contributed by atoms with Crippen LogP contribution >= 0.6 is 0 Å². The predicted octanol–water partition coefficient (Wildman–Crippen LogP) is 4.21. The number of hydrogen-bond acceptors (Lipinski definition) is 4. The maximum absolute atomic E-state index is 14.9. The highest BCUT2D eigenvalue weighted by atomic mass is 32.2. The second-order valence-electron chi connectivity index (χ2n) is 9.22. The van der Waals surface area contributed by atoms with Crippen molar-refractivity contribution >= 4 is 16.1 Å². The first kappa shape index (κ1) is 25.0. The van der Waals surface area contributed by atoms with Gasteiger partial charge >= 0.3 is 6.09 Å². The van der Waals surface area contributed by atoms with Crippen LogP contribution in [0.3, 0.4) is 0 Å². The van der Waals surface area contributed by atoms with E-state index >= 15 is 0 Å². The fourth-order valence-electron chi connectivity index (χ4n) is 3.84. The van der Waals surface area contributed by atoms with Crippen LogP contribution in [0, 0.1) is 5.82 Å². The number of nitrogens with zero attached hydrogens (tertiary/aromatic N) is 1. The van der Waals surface area contributed by atoms with Gasteiger partial charge in [-0.25, -0.2) is 31.1 Å². The minimum atomic E-state index is -3.99. The second kappa shape index (κ2) is 8.98. The van der Waals surface area contributed by atoms with Gasteiger partial charge in [-0.15, -0.1) is 0 Å². The molecular weight excluding hydrogens is 457 g/mol. The number of hydrogen-bond donors (Lipinski definition) is 1. The van der Waals surface area contributed by atoms with Crippen molar-refractivity contribution in [3.63, 3.8) is 0 Å². The van der Waals surface area contributed by atoms with E-state index in [1.807, 2.05) is 4.72 Å². The first-order valence-corrected chi connectivity index (χ1v) is 12.2. The van der Waals surface area contributed by atoms with Crippen LogP contribution in [0.25, 0.3) is 11.1 Å². The number of halogens is 3. The molecule has 0 aliphatic carbocycles. The number of alkyl halides is 2. The Morgan fingerprint density at radius 3 is 2.33 bits per heavy atom. The van der Waals surface area contributed by atoms with Gasteiger partial charge in [-0.1, -0.05) is 36.4 Å². The topological polar surface area (TPSA) is 75.7 Å². The van der Waals surface area contributed by atoms with Crippen LogP contribution in [-0.2, 0) is 21.2 Å². The lowest BCUT2D eigenvalue weighted by atomic mass is 9.96. The van der Waals surface area contributed by atoms with E-state index in [2.05, 4.69) is 0 Å². The van der Waals surface area contributed by atoms with E-state index in [-0.39, 0.29) is 6.42 Å². The van der Waals surface area contributed by atoms with Crippen molar-refractivity contribution in [3.8, 4) is 11.1 Å². The molecule has 0 saturated carbocycles. The summed E-state index contributed by atoms with van der Waals surface area (Å²) in [6, 6.07) is 9.74. The molecule has 0 spiro atoms. The Bertz CT molecular complexity index is 1130. The standard InChI is InChI=1S/C23H27F3N2O4S/c1-22(2,3)32-21(29)28-14-23(25,26)20(27-33(4,30)31)19(28)12-15-7-5-8-16(11-15)17-9-6-10-18(24)13-17/h5-11,13,19-20,27H,12,14H2,1-4H3/t19-,20+/m0/s1. The third kappa shape index (κ3) is 6.48. The summed E-state index contributed by atoms with van der Waals surface area (Å²) >= 11 is 0. The Labute approximate surface area is 191 Å². The average molecular weight is 485 g/mol. The molecule has 1 aliphatic heterocycles. The zero-order valence-electron chi connectivity index (χ0n) is 18.8. The molecule has 0 radical (unpaired) electrons. The number of amides is 1. The number of carbonyl (C=O) groups is 1. The monoisotopic (exact) mass is 484 g/mol. The van der Waals surface area contributed by atoms with Gasteiger partial charge in [0.15, 0.2) is 0 Å². The van der Waals surface area contributed by atoms with Crippen LogP contribution in [-0.4, -0.2) is 55.8 Å². The first-order chi connectivity index (χ1) is 15.1. The number of ether oxygens (including phenoxy) is 1. The molecule has 1 aliphatic rings. The molecule has 6 nitrogen and oxygen atoms in total. The lowest BCUT2D eigenvalue weighted by Gasteiger charge is -2.30. The quantitative estimate of drug-likeness (QED) is 0.690. The van der Waals surface area contributed by atoms with E-state index in [1.165, 1.54) is 12.1 Å². The number of nitrogens with one attached hydrogen (secondary N) is 1. The largest absolute Gasteiger partial charge is 0.444 e. The van der Waals surface area contributed by atoms with Crippen molar-refractivity contribution in [2.75, 3.05) is 12.8 Å². The van der Waals surface area contributed by atoms with Gasteiger partial charge in [0.05, 0.1) is 18.8 Å². The van der Waals surface area contributed by atoms with E-state index in [9.17, 15) is 26.4 Å². The summed E-state index contributed by atoms with van der Waals surface area (Å²) < 4.78 is 74.4. The summed E-state index contributed by atoms with van der Waals surface area (Å²) in [7, 11) is -3.99. The van der Waals surface area contributed by atoms with Crippen molar-refractivity contribution in [1.82, 2.24) is 9.62 Å². The Morgan fingerprint density at radius 2 is 1.76 bits per heavy atom. The SMILES string of the molecule is CC(C)(C)OC(=O)N1CC(F)(F)[C@H](NS(C)(=O)=O)[C@@H]1Cc1cccc(-c2cccc(F)c2)c1. The third-order valence-electron chi connectivity index (χ3n) is 5.12. The van der Waals surface area contributed by atoms with Crippen LogP contribution < -0.4 is 4.72 Å². The summed E-state index contributed by atoms with van der Waals surface area (Å²) in [5, 5.41) is 0. The highest BCUT2D eigenvalue weighted by Crippen LogP contribution is 2.36. The van der Waals surface area contributed by atoms with Gasteiger partial charge in [-0.05, 0) is 56.0 Å². The van der Waals surface area contributed by atoms with E-state index in [0.717, 1.165) is 11.2 Å². The molecule has 1 fully saturated rings. The van der Waals surface area contributed by atoms with Gasteiger partial charge < -0.3 is 4.74 Å². The van der Waals surface area contributed by atoms with E-state index in [0.29, 0.717) is 16.7 Å². The zero-order valence-corrected chi connectivity index (χ0v) is 19.6. The molecule has 10 heteroatoms. The average Bonchev–Trinajstić information content (AvgIpc) is 2.90. The number of likely N-dealkylation sites (tertiary alicyclic amines) is 1. The Morgan fingerprint density at radius 1 is 1.15 bits per heavy atom. The fourth-order valence-corrected chi connectivity index (χ4v) is 4.63. The van der Waals surface area contributed by atoms with E-state index in [1.54, 1.807) is 57.2 Å². The molecular formula is C23H27F3N2O4S. The maximum atomic E-state index is 14.9. The van der Waals surface area contributed by atoms with Gasteiger partial charge in [-0.3, -0.25) is 4.90 Å². The molecule has 3 rings (SSSR count). The van der Waals surface area contributed by atoms with Crippen LogP contribution in [0.15, 0.2) is 48.5 Å². The van der Waals surface area contributed by atoms with Crippen molar-refractivity contribution in [3.05, 3.63) is 59.9 Å². The Balaban J connectivity index is 1.97. The zero-order chi connectivity index (χ0) is 24.6. The van der Waals surface area contributed by atoms with Crippen molar-refractivity contribution < 1.29 is 31.1 Å². The highest BCUT2D eigenvalue weighted by Gasteiger charge is 2.57. The highest BCUT2D eigenvalue weighted by molar-refractivity contribution is 7.88. The number of carbonyl (C=O) groups excluding carboxylic acids is 1. The molecule has 180 valence electrons. The molecule has 1 amide bonds. The Hall–Kier alpha value is -2.59. The maximum Gasteiger partial charge on any atom is 0.410 e. The van der Waals surface area contributed by atoms with Crippen LogP contribution in [0.1, 0.15) is 26.3 Å². The van der Waals surface area contributed by atoms with Crippen molar-refractivity contribution in [2.45, 2.75) is 50.8 Å². The van der Waals surface area contributed by atoms with Crippen LogP contribution in [0.2, 0.25) is 0 Å². The molecule has 33 heavy (non-hydrogen) atoms. The van der Waals surface area contributed by atoms with Crippen molar-refractivity contribution in [1.29, 1.82) is 0 Å². The third-order valence-corrected chi connectivity index (χ3v) is 5.80. The minimum absolute atomic E-state index is 0.0643. The van der Waals surface area contributed by atoms with E-state index < -0.39 is 52.1 Å². The van der Waals surface area contributed by atoms with Crippen LogP contribution in [0.4, 0.5) is 18.0 Å². The summed E-state index contributed by atoms with van der Waals surface area (Å²) in [5.41, 5.74) is 0.918. The molecule has 0 bridgehead atoms. The van der Waals surface area contributed by atoms with E-state index in [4.69, 9.17) is 4.74 Å².